The standard InChI is InChI=1S/C18H24N4O/c1-20-13-10-19-18(20)15-8-11-22(12-9-15)17(23)14-21(2)16-6-4-3-5-7-16/h3-7,10,13,15H,8-9,11-12,14H2,1-2H3. The van der Waals surface area contributed by atoms with E-state index in [2.05, 4.69) is 9.55 Å². The van der Waals surface area contributed by atoms with Crippen molar-refractivity contribution in [3.63, 3.8) is 0 Å². The number of carbonyl (C=O) groups is 1. The number of para-hydroxylation sites is 1. The number of rotatable bonds is 4. The van der Waals surface area contributed by atoms with Crippen molar-refractivity contribution in [2.75, 3.05) is 31.6 Å². The van der Waals surface area contributed by atoms with Crippen LogP contribution >= 0.6 is 0 Å². The van der Waals surface area contributed by atoms with E-state index >= 15 is 0 Å². The molecular weight excluding hydrogens is 288 g/mol. The summed E-state index contributed by atoms with van der Waals surface area (Å²) in [5.74, 6) is 1.80. The fourth-order valence-corrected chi connectivity index (χ4v) is 3.23. The minimum Gasteiger partial charge on any atom is -0.365 e. The van der Waals surface area contributed by atoms with Gasteiger partial charge >= 0.3 is 0 Å². The summed E-state index contributed by atoms with van der Waals surface area (Å²) >= 11 is 0. The molecule has 2 heterocycles. The fraction of sp³-hybridized carbons (Fsp3) is 0.444. The zero-order valence-corrected chi connectivity index (χ0v) is 13.9. The Morgan fingerprint density at radius 3 is 2.57 bits per heavy atom. The summed E-state index contributed by atoms with van der Waals surface area (Å²) in [6.45, 7) is 2.06. The van der Waals surface area contributed by atoms with E-state index in [1.807, 2.05) is 66.6 Å². The number of amides is 1. The van der Waals surface area contributed by atoms with Crippen molar-refractivity contribution in [2.24, 2.45) is 7.05 Å². The maximum Gasteiger partial charge on any atom is 0.242 e. The number of anilines is 1. The Labute approximate surface area is 137 Å². The molecule has 1 aliphatic rings. The van der Waals surface area contributed by atoms with E-state index in [-0.39, 0.29) is 5.91 Å². The number of aromatic nitrogens is 2. The molecule has 0 aliphatic carbocycles. The molecule has 1 amide bonds. The van der Waals surface area contributed by atoms with Gasteiger partial charge in [-0.2, -0.15) is 0 Å². The van der Waals surface area contributed by atoms with E-state index in [1.165, 1.54) is 0 Å². The van der Waals surface area contributed by atoms with Crippen molar-refractivity contribution in [1.29, 1.82) is 0 Å². The molecule has 1 aliphatic heterocycles. The van der Waals surface area contributed by atoms with E-state index in [0.29, 0.717) is 12.5 Å². The summed E-state index contributed by atoms with van der Waals surface area (Å²) in [5.41, 5.74) is 1.07. The molecule has 1 saturated heterocycles. The van der Waals surface area contributed by atoms with Gasteiger partial charge in [0.05, 0.1) is 6.54 Å². The van der Waals surface area contributed by atoms with Gasteiger partial charge < -0.3 is 14.4 Å². The largest absolute Gasteiger partial charge is 0.365 e. The Balaban J connectivity index is 1.53. The van der Waals surface area contributed by atoms with Gasteiger partial charge in [0.2, 0.25) is 5.91 Å². The van der Waals surface area contributed by atoms with Crippen LogP contribution < -0.4 is 4.90 Å². The van der Waals surface area contributed by atoms with Crippen LogP contribution in [0.1, 0.15) is 24.6 Å². The third-order valence-electron chi connectivity index (χ3n) is 4.64. The van der Waals surface area contributed by atoms with Gasteiger partial charge in [0.25, 0.3) is 0 Å². The number of imidazole rings is 1. The molecule has 0 saturated carbocycles. The van der Waals surface area contributed by atoms with Crippen LogP contribution in [0.2, 0.25) is 0 Å². The van der Waals surface area contributed by atoms with Crippen molar-refractivity contribution in [3.8, 4) is 0 Å². The van der Waals surface area contributed by atoms with E-state index < -0.39 is 0 Å². The summed E-state index contributed by atoms with van der Waals surface area (Å²) in [6, 6.07) is 10.0. The third-order valence-corrected chi connectivity index (χ3v) is 4.64. The Bertz CT molecular complexity index is 644. The smallest absolute Gasteiger partial charge is 0.242 e. The van der Waals surface area contributed by atoms with E-state index in [1.54, 1.807) is 0 Å². The summed E-state index contributed by atoms with van der Waals surface area (Å²) < 4.78 is 2.09. The van der Waals surface area contributed by atoms with Crippen LogP contribution in [-0.2, 0) is 11.8 Å². The highest BCUT2D eigenvalue weighted by molar-refractivity contribution is 5.81. The first kappa shape index (κ1) is 15.6. The zero-order valence-electron chi connectivity index (χ0n) is 13.9. The van der Waals surface area contributed by atoms with E-state index in [0.717, 1.165) is 37.4 Å². The maximum atomic E-state index is 12.5. The first-order valence-electron chi connectivity index (χ1n) is 8.16. The predicted octanol–water partition coefficient (Wildman–Crippen LogP) is 2.26. The van der Waals surface area contributed by atoms with Crippen LogP contribution in [0.25, 0.3) is 0 Å². The monoisotopic (exact) mass is 312 g/mol. The van der Waals surface area contributed by atoms with Crippen molar-refractivity contribution in [3.05, 3.63) is 48.5 Å². The van der Waals surface area contributed by atoms with Crippen molar-refractivity contribution in [2.45, 2.75) is 18.8 Å². The highest BCUT2D eigenvalue weighted by Gasteiger charge is 2.26. The first-order valence-corrected chi connectivity index (χ1v) is 8.16. The number of aryl methyl sites for hydroxylation is 1. The van der Waals surface area contributed by atoms with Gasteiger partial charge in [-0.3, -0.25) is 4.79 Å². The van der Waals surface area contributed by atoms with E-state index in [9.17, 15) is 4.79 Å². The molecule has 1 aromatic carbocycles. The van der Waals surface area contributed by atoms with Crippen LogP contribution in [0.5, 0.6) is 0 Å². The Morgan fingerprint density at radius 2 is 1.96 bits per heavy atom. The SMILES string of the molecule is CN(CC(=O)N1CCC(c2nccn2C)CC1)c1ccccc1. The molecule has 1 fully saturated rings. The highest BCUT2D eigenvalue weighted by Crippen LogP contribution is 2.26. The van der Waals surface area contributed by atoms with Crippen LogP contribution in [-0.4, -0.2) is 47.0 Å². The zero-order chi connectivity index (χ0) is 16.2. The van der Waals surface area contributed by atoms with Gasteiger partial charge in [-0.25, -0.2) is 4.98 Å². The molecule has 5 heteroatoms. The summed E-state index contributed by atoms with van der Waals surface area (Å²) in [5, 5.41) is 0. The number of hydrogen-bond donors (Lipinski definition) is 0. The molecular formula is C18H24N4O. The average molecular weight is 312 g/mol. The number of hydrogen-bond acceptors (Lipinski definition) is 3. The number of likely N-dealkylation sites (tertiary alicyclic amines) is 1. The third kappa shape index (κ3) is 3.55. The average Bonchev–Trinajstić information content (AvgIpc) is 3.02. The lowest BCUT2D eigenvalue weighted by atomic mass is 9.96. The van der Waals surface area contributed by atoms with Gasteiger partial charge in [0.15, 0.2) is 0 Å². The van der Waals surface area contributed by atoms with Gasteiger partial charge in [-0.15, -0.1) is 0 Å². The molecule has 0 bridgehead atoms. The molecule has 2 aromatic rings. The van der Waals surface area contributed by atoms with Crippen LogP contribution in [0.3, 0.4) is 0 Å². The molecule has 3 rings (SSSR count). The maximum absolute atomic E-state index is 12.5. The second-order valence-electron chi connectivity index (χ2n) is 6.24. The van der Waals surface area contributed by atoms with Crippen molar-refractivity contribution in [1.82, 2.24) is 14.5 Å². The Hall–Kier alpha value is -2.30. The van der Waals surface area contributed by atoms with Crippen LogP contribution in [0, 0.1) is 0 Å². The Kier molecular flexibility index (Phi) is 4.65. The quantitative estimate of drug-likeness (QED) is 0.869. The molecule has 122 valence electrons. The van der Waals surface area contributed by atoms with Gasteiger partial charge in [-0.1, -0.05) is 18.2 Å². The molecule has 0 atom stereocenters. The number of nitrogens with zero attached hydrogens (tertiary/aromatic N) is 4. The molecule has 5 nitrogen and oxygen atoms in total. The lowest BCUT2D eigenvalue weighted by Crippen LogP contribution is -2.43. The topological polar surface area (TPSA) is 41.4 Å². The highest BCUT2D eigenvalue weighted by atomic mass is 16.2. The minimum atomic E-state index is 0.203. The molecule has 0 N–H and O–H groups in total. The van der Waals surface area contributed by atoms with Gasteiger partial charge in [-0.05, 0) is 25.0 Å². The van der Waals surface area contributed by atoms with Crippen LogP contribution in [0.4, 0.5) is 5.69 Å². The fourth-order valence-electron chi connectivity index (χ4n) is 3.23. The molecule has 1 aromatic heterocycles. The second-order valence-corrected chi connectivity index (χ2v) is 6.24. The predicted molar refractivity (Wildman–Crippen MR) is 91.5 cm³/mol. The summed E-state index contributed by atoms with van der Waals surface area (Å²) in [6.07, 6.45) is 5.82. The number of piperidine rings is 1. The van der Waals surface area contributed by atoms with E-state index in [4.69, 9.17) is 0 Å². The van der Waals surface area contributed by atoms with Crippen molar-refractivity contribution >= 4 is 11.6 Å². The van der Waals surface area contributed by atoms with Gasteiger partial charge in [0.1, 0.15) is 5.82 Å². The van der Waals surface area contributed by atoms with Gasteiger partial charge in [0, 0.05) is 51.2 Å². The first-order chi connectivity index (χ1) is 11.1. The summed E-state index contributed by atoms with van der Waals surface area (Å²) in [7, 11) is 4.00. The Morgan fingerprint density at radius 1 is 1.26 bits per heavy atom. The molecule has 0 unspecified atom stereocenters. The van der Waals surface area contributed by atoms with Crippen molar-refractivity contribution < 1.29 is 4.79 Å². The molecule has 23 heavy (non-hydrogen) atoms. The second kappa shape index (κ2) is 6.86. The lowest BCUT2D eigenvalue weighted by Gasteiger charge is -2.33. The minimum absolute atomic E-state index is 0.203. The normalized spacial score (nSPS) is 15.7. The number of benzene rings is 1. The summed E-state index contributed by atoms with van der Waals surface area (Å²) in [4.78, 5) is 20.9. The molecule has 0 spiro atoms. The lowest BCUT2D eigenvalue weighted by molar-refractivity contribution is -0.130. The molecule has 0 radical (unpaired) electrons. The van der Waals surface area contributed by atoms with Crippen LogP contribution in [0.15, 0.2) is 42.7 Å². The number of carbonyl (C=O) groups excluding carboxylic acids is 1. The number of likely N-dealkylation sites (N-methyl/N-ethyl adjacent to an activating group) is 1.